The molecule has 0 atom stereocenters. The number of hydrogen-bond donors (Lipinski definition) is 0. The number of rotatable bonds is 5. The molecule has 2 nitrogen and oxygen atoms in total. The monoisotopic (exact) mass is 703 g/mol. The lowest BCUT2D eigenvalue weighted by Crippen LogP contribution is -2.14. The molecule has 1 heterocycles. The van der Waals surface area contributed by atoms with E-state index in [2.05, 4.69) is 195 Å². The minimum atomic E-state index is -0.0668. The van der Waals surface area contributed by atoms with Gasteiger partial charge in [-0.3, -0.25) is 0 Å². The van der Waals surface area contributed by atoms with Gasteiger partial charge in [-0.1, -0.05) is 153 Å². The molecule has 0 N–H and O–H groups in total. The maximum Gasteiger partial charge on any atom is 0.135 e. The van der Waals surface area contributed by atoms with Crippen LogP contribution in [0.2, 0.25) is 0 Å². The molecular weight excluding hydrogens is 667 g/mol. The quantitative estimate of drug-likeness (QED) is 0.166. The van der Waals surface area contributed by atoms with Crippen molar-refractivity contribution in [1.29, 1.82) is 0 Å². The van der Waals surface area contributed by atoms with Gasteiger partial charge >= 0.3 is 0 Å². The molecule has 0 unspecified atom stereocenters. The Hall–Kier alpha value is -6.90. The van der Waals surface area contributed by atoms with Crippen molar-refractivity contribution in [1.82, 2.24) is 0 Å². The van der Waals surface area contributed by atoms with Gasteiger partial charge in [0.15, 0.2) is 0 Å². The first-order chi connectivity index (χ1) is 27.0. The highest BCUT2D eigenvalue weighted by atomic mass is 16.3. The van der Waals surface area contributed by atoms with Gasteiger partial charge in [0.25, 0.3) is 0 Å². The SMILES string of the molecule is CC1(C)c2ccccc2-c2c(-c3cccc(N(c4cccc(-c5cccc6c5ccc5ccccc56)c4)c4ccc5oc6ccccc6c5c4)c3)cccc21. The van der Waals surface area contributed by atoms with E-state index in [-0.39, 0.29) is 5.41 Å². The van der Waals surface area contributed by atoms with Gasteiger partial charge in [-0.25, -0.2) is 0 Å². The molecule has 0 fully saturated rings. The summed E-state index contributed by atoms with van der Waals surface area (Å²) in [5.41, 5.74) is 15.2. The summed E-state index contributed by atoms with van der Waals surface area (Å²) in [6.45, 7) is 4.70. The Morgan fingerprint density at radius 2 is 0.982 bits per heavy atom. The Morgan fingerprint density at radius 1 is 0.382 bits per heavy atom. The lowest BCUT2D eigenvalue weighted by molar-refractivity contribution is 0.660. The highest BCUT2D eigenvalue weighted by Gasteiger charge is 2.36. The Bertz CT molecular complexity index is 3150. The molecule has 1 aliphatic carbocycles. The predicted octanol–water partition coefficient (Wildman–Crippen LogP) is 15.0. The standard InChI is InChI=1S/C53H37NO/c1-53(2)48-24-7-5-20-46(48)52-42(22-12-25-49(52)53)36-15-10-17-38(32-36)54(39-28-30-51-47(33-39)45-19-6-8-26-50(45)55-51)37-16-9-14-35(31-37)41-21-11-23-43-40-18-4-3-13-34(40)27-29-44(41)43/h3-33H,1-2H3. The molecule has 0 saturated heterocycles. The summed E-state index contributed by atoms with van der Waals surface area (Å²) < 4.78 is 6.29. The van der Waals surface area contributed by atoms with Crippen LogP contribution in [0.3, 0.4) is 0 Å². The lowest BCUT2D eigenvalue weighted by Gasteiger charge is -2.27. The highest BCUT2D eigenvalue weighted by molar-refractivity contribution is 6.12. The van der Waals surface area contributed by atoms with Crippen LogP contribution in [0.25, 0.3) is 76.9 Å². The second kappa shape index (κ2) is 12.1. The second-order valence-electron chi connectivity index (χ2n) is 15.3. The first-order valence-corrected chi connectivity index (χ1v) is 19.1. The van der Waals surface area contributed by atoms with Crippen molar-refractivity contribution in [2.45, 2.75) is 19.3 Å². The minimum absolute atomic E-state index is 0.0668. The average molecular weight is 704 g/mol. The van der Waals surface area contributed by atoms with Crippen LogP contribution in [0.1, 0.15) is 25.0 Å². The fourth-order valence-corrected chi connectivity index (χ4v) is 9.21. The van der Waals surface area contributed by atoms with E-state index in [9.17, 15) is 0 Å². The van der Waals surface area contributed by atoms with Crippen molar-refractivity contribution < 1.29 is 4.42 Å². The van der Waals surface area contributed by atoms with E-state index < -0.39 is 0 Å². The number of para-hydroxylation sites is 1. The molecule has 1 aliphatic rings. The molecule has 0 radical (unpaired) electrons. The van der Waals surface area contributed by atoms with Gasteiger partial charge in [0.05, 0.1) is 0 Å². The smallest absolute Gasteiger partial charge is 0.135 e. The number of hydrogen-bond acceptors (Lipinski definition) is 2. The number of furan rings is 1. The fourth-order valence-electron chi connectivity index (χ4n) is 9.21. The van der Waals surface area contributed by atoms with E-state index in [4.69, 9.17) is 4.42 Å². The minimum Gasteiger partial charge on any atom is -0.456 e. The van der Waals surface area contributed by atoms with Crippen LogP contribution in [0.15, 0.2) is 192 Å². The van der Waals surface area contributed by atoms with Crippen LogP contribution in [-0.2, 0) is 5.41 Å². The Morgan fingerprint density at radius 3 is 1.84 bits per heavy atom. The fraction of sp³-hybridized carbons (Fsp3) is 0.0566. The first-order valence-electron chi connectivity index (χ1n) is 19.1. The molecule has 1 aromatic heterocycles. The molecule has 2 heteroatoms. The van der Waals surface area contributed by atoms with Gasteiger partial charge < -0.3 is 9.32 Å². The molecule has 0 amide bonds. The van der Waals surface area contributed by atoms with Crippen molar-refractivity contribution in [3.63, 3.8) is 0 Å². The lowest BCUT2D eigenvalue weighted by atomic mass is 9.82. The summed E-state index contributed by atoms with van der Waals surface area (Å²) in [5, 5.41) is 7.26. The maximum absolute atomic E-state index is 6.29. The van der Waals surface area contributed by atoms with Crippen molar-refractivity contribution in [2.75, 3.05) is 4.90 Å². The van der Waals surface area contributed by atoms with Crippen molar-refractivity contribution in [3.05, 3.63) is 199 Å². The molecule has 0 bridgehead atoms. The molecular formula is C53H37NO. The number of fused-ring (bicyclic) bond motifs is 9. The summed E-state index contributed by atoms with van der Waals surface area (Å²) in [6, 6.07) is 68.5. The molecule has 55 heavy (non-hydrogen) atoms. The van der Waals surface area contributed by atoms with Crippen molar-refractivity contribution in [3.8, 4) is 33.4 Å². The van der Waals surface area contributed by atoms with Crippen LogP contribution < -0.4 is 4.90 Å². The largest absolute Gasteiger partial charge is 0.456 e. The summed E-state index contributed by atoms with van der Waals surface area (Å²) >= 11 is 0. The molecule has 260 valence electrons. The highest BCUT2D eigenvalue weighted by Crippen LogP contribution is 2.52. The Kier molecular flexibility index (Phi) is 6.93. The third kappa shape index (κ3) is 4.88. The van der Waals surface area contributed by atoms with Crippen LogP contribution >= 0.6 is 0 Å². The maximum atomic E-state index is 6.29. The van der Waals surface area contributed by atoms with E-state index in [1.807, 2.05) is 12.1 Å². The molecule has 0 spiro atoms. The zero-order valence-corrected chi connectivity index (χ0v) is 30.8. The van der Waals surface area contributed by atoms with Gasteiger partial charge in [-0.2, -0.15) is 0 Å². The summed E-state index contributed by atoms with van der Waals surface area (Å²) in [5.74, 6) is 0. The third-order valence-electron chi connectivity index (χ3n) is 11.8. The third-order valence-corrected chi connectivity index (χ3v) is 11.8. The topological polar surface area (TPSA) is 16.4 Å². The normalized spacial score (nSPS) is 13.1. The summed E-state index contributed by atoms with van der Waals surface area (Å²) in [7, 11) is 0. The first kappa shape index (κ1) is 31.6. The van der Waals surface area contributed by atoms with Crippen LogP contribution in [0.4, 0.5) is 17.1 Å². The molecule has 0 aliphatic heterocycles. The average Bonchev–Trinajstić information content (AvgIpc) is 3.72. The van der Waals surface area contributed by atoms with Gasteiger partial charge in [0.1, 0.15) is 11.2 Å². The Labute approximate surface area is 320 Å². The van der Waals surface area contributed by atoms with Crippen LogP contribution in [-0.4, -0.2) is 0 Å². The molecule has 10 aromatic rings. The van der Waals surface area contributed by atoms with Gasteiger partial charge in [-0.15, -0.1) is 0 Å². The molecule has 9 aromatic carbocycles. The second-order valence-corrected chi connectivity index (χ2v) is 15.3. The van der Waals surface area contributed by atoms with Gasteiger partial charge in [-0.05, 0) is 115 Å². The zero-order chi connectivity index (χ0) is 36.7. The van der Waals surface area contributed by atoms with E-state index in [0.717, 1.165) is 39.0 Å². The van der Waals surface area contributed by atoms with Gasteiger partial charge in [0, 0.05) is 33.2 Å². The van der Waals surface area contributed by atoms with E-state index >= 15 is 0 Å². The van der Waals surface area contributed by atoms with E-state index in [1.54, 1.807) is 0 Å². The van der Waals surface area contributed by atoms with Crippen molar-refractivity contribution in [2.24, 2.45) is 0 Å². The summed E-state index contributed by atoms with van der Waals surface area (Å²) in [6.07, 6.45) is 0. The Balaban J connectivity index is 1.11. The van der Waals surface area contributed by atoms with Crippen LogP contribution in [0.5, 0.6) is 0 Å². The number of benzene rings is 9. The van der Waals surface area contributed by atoms with Crippen LogP contribution in [0, 0.1) is 0 Å². The zero-order valence-electron chi connectivity index (χ0n) is 30.8. The van der Waals surface area contributed by atoms with Crippen molar-refractivity contribution >= 4 is 60.5 Å². The molecule has 0 saturated carbocycles. The predicted molar refractivity (Wildman–Crippen MR) is 232 cm³/mol. The number of anilines is 3. The number of nitrogens with zero attached hydrogens (tertiary/aromatic N) is 1. The van der Waals surface area contributed by atoms with Gasteiger partial charge in [0.2, 0.25) is 0 Å². The van der Waals surface area contributed by atoms with E-state index in [0.29, 0.717) is 0 Å². The summed E-state index contributed by atoms with van der Waals surface area (Å²) in [4.78, 5) is 2.40. The molecule has 11 rings (SSSR count). The van der Waals surface area contributed by atoms with E-state index in [1.165, 1.54) is 66.1 Å².